The molecule has 3 aliphatic heterocycles. The summed E-state index contributed by atoms with van der Waals surface area (Å²) in [6, 6.07) is 16.3. The average Bonchev–Trinajstić information content (AvgIpc) is 3.71. The van der Waals surface area contributed by atoms with Crippen LogP contribution in [0.3, 0.4) is 0 Å². The van der Waals surface area contributed by atoms with Gasteiger partial charge in [0.2, 0.25) is 11.8 Å². The van der Waals surface area contributed by atoms with Crippen molar-refractivity contribution in [1.82, 2.24) is 25.1 Å². The second kappa shape index (κ2) is 14.0. The molecule has 4 aliphatic rings. The first-order valence-corrected chi connectivity index (χ1v) is 18.6. The zero-order valence-corrected chi connectivity index (χ0v) is 31.0. The minimum atomic E-state index is -0.112. The van der Waals surface area contributed by atoms with E-state index in [-0.39, 0.29) is 29.4 Å². The van der Waals surface area contributed by atoms with Gasteiger partial charge in [-0.2, -0.15) is 0 Å². The molecular weight excluding hydrogens is 701 g/mol. The zero-order valence-electron chi connectivity index (χ0n) is 29.5. The SMILES string of the molecule is CCOC(=O)C1CN([C@@H]2CCc3cc(-c4cccc(-c5cccc(-c6cnc(CN7CC8(CCC(=O)N8)C7)c(OC)n6)c5Cl)c4Cl)cc(OC)c32)C1. The Labute approximate surface area is 313 Å². The molecule has 3 aromatic carbocycles. The highest BCUT2D eigenvalue weighted by Crippen LogP contribution is 2.48. The molecular formula is C40H41Cl2N5O5. The molecule has 0 radical (unpaired) electrons. The van der Waals surface area contributed by atoms with E-state index in [1.807, 2.05) is 43.3 Å². The number of aromatic nitrogens is 2. The van der Waals surface area contributed by atoms with Crippen LogP contribution in [0.25, 0.3) is 33.5 Å². The van der Waals surface area contributed by atoms with Crippen LogP contribution in [0.1, 0.15) is 49.0 Å². The third kappa shape index (κ3) is 6.19. The number of methoxy groups -OCH3 is 2. The predicted octanol–water partition coefficient (Wildman–Crippen LogP) is 6.75. The molecule has 0 saturated carbocycles. The van der Waals surface area contributed by atoms with Gasteiger partial charge in [-0.15, -0.1) is 0 Å². The number of likely N-dealkylation sites (tertiary alicyclic amines) is 2. The number of ether oxygens (including phenoxy) is 3. The Hall–Kier alpha value is -4.22. The van der Waals surface area contributed by atoms with E-state index in [2.05, 4.69) is 27.2 Å². The van der Waals surface area contributed by atoms with Crippen LogP contribution in [0.2, 0.25) is 10.0 Å². The van der Waals surface area contributed by atoms with Gasteiger partial charge < -0.3 is 19.5 Å². The number of halogens is 2. The maximum absolute atomic E-state index is 12.2. The van der Waals surface area contributed by atoms with Gasteiger partial charge in [-0.05, 0) is 43.4 Å². The molecule has 1 spiro atoms. The van der Waals surface area contributed by atoms with Crippen molar-refractivity contribution < 1.29 is 23.8 Å². The lowest BCUT2D eigenvalue weighted by molar-refractivity contribution is -0.155. The number of rotatable bonds is 10. The lowest BCUT2D eigenvalue weighted by Crippen LogP contribution is -2.66. The maximum atomic E-state index is 12.2. The first-order valence-electron chi connectivity index (χ1n) is 17.8. The van der Waals surface area contributed by atoms with Gasteiger partial charge in [-0.1, -0.05) is 65.7 Å². The average molecular weight is 743 g/mol. The monoisotopic (exact) mass is 741 g/mol. The number of carbonyl (C=O) groups is 2. The lowest BCUT2D eigenvalue weighted by atomic mass is 9.88. The number of esters is 1. The summed E-state index contributed by atoms with van der Waals surface area (Å²) in [5.41, 5.74) is 7.79. The molecule has 270 valence electrons. The van der Waals surface area contributed by atoms with Crippen LogP contribution in [-0.4, -0.2) is 84.2 Å². The molecule has 1 aliphatic carbocycles. The Balaban J connectivity index is 1.04. The molecule has 1 atom stereocenters. The predicted molar refractivity (Wildman–Crippen MR) is 200 cm³/mol. The molecule has 12 heteroatoms. The summed E-state index contributed by atoms with van der Waals surface area (Å²) in [4.78, 5) is 38.2. The van der Waals surface area contributed by atoms with Crippen LogP contribution in [0, 0.1) is 5.92 Å². The van der Waals surface area contributed by atoms with Gasteiger partial charge in [0.05, 0.1) is 54.2 Å². The van der Waals surface area contributed by atoms with E-state index in [1.165, 1.54) is 11.1 Å². The first kappa shape index (κ1) is 34.8. The topological polar surface area (TPSA) is 106 Å². The van der Waals surface area contributed by atoms with Crippen molar-refractivity contribution >= 4 is 35.1 Å². The van der Waals surface area contributed by atoms with Crippen molar-refractivity contribution in [1.29, 1.82) is 0 Å². The van der Waals surface area contributed by atoms with E-state index in [1.54, 1.807) is 20.4 Å². The van der Waals surface area contributed by atoms with Crippen molar-refractivity contribution in [2.45, 2.75) is 50.7 Å². The van der Waals surface area contributed by atoms with Gasteiger partial charge in [0.15, 0.2) is 0 Å². The minimum Gasteiger partial charge on any atom is -0.496 e. The minimum absolute atomic E-state index is 0.0677. The number of fused-ring (bicyclic) bond motifs is 1. The summed E-state index contributed by atoms with van der Waals surface area (Å²) >= 11 is 14.4. The molecule has 0 unspecified atom stereocenters. The molecule has 4 heterocycles. The normalized spacial score (nSPS) is 19.6. The fourth-order valence-corrected chi connectivity index (χ4v) is 9.08. The van der Waals surface area contributed by atoms with Gasteiger partial charge in [0.25, 0.3) is 0 Å². The van der Waals surface area contributed by atoms with Crippen LogP contribution in [0.5, 0.6) is 11.6 Å². The van der Waals surface area contributed by atoms with Gasteiger partial charge in [-0.25, -0.2) is 4.98 Å². The molecule has 10 nitrogen and oxygen atoms in total. The Morgan fingerprint density at radius 3 is 2.37 bits per heavy atom. The van der Waals surface area contributed by atoms with Crippen molar-refractivity contribution in [2.24, 2.45) is 5.92 Å². The van der Waals surface area contributed by atoms with E-state index in [0.717, 1.165) is 71.6 Å². The number of carbonyl (C=O) groups excluding carboxylic acids is 2. The largest absolute Gasteiger partial charge is 0.496 e. The van der Waals surface area contributed by atoms with Crippen LogP contribution in [0.4, 0.5) is 0 Å². The van der Waals surface area contributed by atoms with Gasteiger partial charge in [0, 0.05) is 73.0 Å². The Morgan fingerprint density at radius 2 is 1.69 bits per heavy atom. The summed E-state index contributed by atoms with van der Waals surface area (Å²) in [6.07, 6.45) is 5.07. The second-order valence-corrected chi connectivity index (χ2v) is 15.0. The Bertz CT molecular complexity index is 2060. The summed E-state index contributed by atoms with van der Waals surface area (Å²) in [5, 5.41) is 4.22. The number of amides is 1. The van der Waals surface area contributed by atoms with E-state index >= 15 is 0 Å². The lowest BCUT2D eigenvalue weighted by Gasteiger charge is -2.47. The molecule has 1 amide bonds. The maximum Gasteiger partial charge on any atom is 0.311 e. The summed E-state index contributed by atoms with van der Waals surface area (Å²) in [5.74, 6) is 1.21. The highest BCUT2D eigenvalue weighted by Gasteiger charge is 2.47. The number of nitrogens with zero attached hydrogens (tertiary/aromatic N) is 4. The van der Waals surface area contributed by atoms with Crippen LogP contribution >= 0.6 is 23.2 Å². The molecule has 0 bridgehead atoms. The first-order chi connectivity index (χ1) is 25.2. The van der Waals surface area contributed by atoms with Crippen LogP contribution < -0.4 is 14.8 Å². The quantitative estimate of drug-likeness (QED) is 0.177. The van der Waals surface area contributed by atoms with Crippen molar-refractivity contribution in [3.05, 3.63) is 81.6 Å². The zero-order chi connectivity index (χ0) is 36.1. The number of aryl methyl sites for hydroxylation is 1. The number of hydrogen-bond donors (Lipinski definition) is 1. The van der Waals surface area contributed by atoms with E-state index in [0.29, 0.717) is 54.3 Å². The molecule has 52 heavy (non-hydrogen) atoms. The standard InChI is InChI=1S/C40H41Cl2N5O5/c1-4-52-39(49)25-18-47(19-25)32-12-11-23-15-24(16-33(50-2)35(23)32)26-7-5-8-27(36(26)41)28-9-6-10-29(37(28)42)30-17-43-31(38(44-30)51-3)20-46-21-40(22-46)14-13-34(48)45-40/h5-10,15-17,25,32H,4,11-14,18-22H2,1-3H3,(H,45,48)/t32-/m1/s1. The third-order valence-corrected chi connectivity index (χ3v) is 11.8. The van der Waals surface area contributed by atoms with E-state index in [4.69, 9.17) is 47.4 Å². The van der Waals surface area contributed by atoms with Gasteiger partial charge in [0.1, 0.15) is 11.4 Å². The van der Waals surface area contributed by atoms with Crippen LogP contribution in [-0.2, 0) is 27.3 Å². The van der Waals surface area contributed by atoms with Gasteiger partial charge in [-0.3, -0.25) is 24.4 Å². The fourth-order valence-electron chi connectivity index (χ4n) is 8.42. The smallest absolute Gasteiger partial charge is 0.311 e. The van der Waals surface area contributed by atoms with Gasteiger partial charge >= 0.3 is 5.97 Å². The summed E-state index contributed by atoms with van der Waals surface area (Å²) in [7, 11) is 3.30. The highest BCUT2D eigenvalue weighted by molar-refractivity contribution is 6.39. The summed E-state index contributed by atoms with van der Waals surface area (Å²) < 4.78 is 16.9. The van der Waals surface area contributed by atoms with Crippen molar-refractivity contribution in [3.8, 4) is 45.1 Å². The number of nitrogens with one attached hydrogen (secondary N) is 1. The third-order valence-electron chi connectivity index (χ3n) is 11.0. The van der Waals surface area contributed by atoms with Crippen LogP contribution in [0.15, 0.2) is 54.7 Å². The fraction of sp³-hybridized carbons (Fsp3) is 0.400. The van der Waals surface area contributed by atoms with Crippen molar-refractivity contribution in [2.75, 3.05) is 47.0 Å². The molecule has 1 aromatic heterocycles. The molecule has 4 aromatic rings. The number of hydrogen-bond acceptors (Lipinski definition) is 9. The van der Waals surface area contributed by atoms with E-state index in [9.17, 15) is 9.59 Å². The molecule has 3 saturated heterocycles. The molecule has 3 fully saturated rings. The second-order valence-electron chi connectivity index (χ2n) is 14.2. The Morgan fingerprint density at radius 1 is 0.981 bits per heavy atom. The molecule has 1 N–H and O–H groups in total. The van der Waals surface area contributed by atoms with Crippen molar-refractivity contribution in [3.63, 3.8) is 0 Å². The summed E-state index contributed by atoms with van der Waals surface area (Å²) in [6.45, 7) is 5.80. The van der Waals surface area contributed by atoms with E-state index < -0.39 is 0 Å². The molecule has 8 rings (SSSR count). The highest BCUT2D eigenvalue weighted by atomic mass is 35.5. The number of benzene rings is 3. The Kier molecular flexibility index (Phi) is 9.36.